The van der Waals surface area contributed by atoms with Gasteiger partial charge in [-0.15, -0.1) is 0 Å². The number of nitriles is 1. The second-order valence-corrected chi connectivity index (χ2v) is 4.10. The number of benzene rings is 2. The fraction of sp³-hybridized carbons (Fsp3) is 0.0714. The first-order valence-electron chi connectivity index (χ1n) is 5.28. The van der Waals surface area contributed by atoms with E-state index in [1.807, 2.05) is 6.07 Å². The quantitative estimate of drug-likeness (QED) is 0.823. The Hall–Kier alpha value is -2.05. The molecule has 0 aliphatic carbocycles. The van der Waals surface area contributed by atoms with Crippen molar-refractivity contribution in [3.63, 3.8) is 0 Å². The standard InChI is InChI=1S/C14H9ClFNO/c15-11-2-1-3-12(9-11)18-14-8-10(6-7-17)4-5-13(14)16/h1-5,8-9H,6H2. The maximum absolute atomic E-state index is 13.6. The molecule has 0 spiro atoms. The van der Waals surface area contributed by atoms with Crippen molar-refractivity contribution in [1.82, 2.24) is 0 Å². The third kappa shape index (κ3) is 2.99. The Morgan fingerprint density at radius 1 is 1.22 bits per heavy atom. The molecule has 0 heterocycles. The summed E-state index contributed by atoms with van der Waals surface area (Å²) in [5, 5.41) is 9.12. The molecule has 0 aliphatic heterocycles. The van der Waals surface area contributed by atoms with Crippen LogP contribution in [0.3, 0.4) is 0 Å². The Morgan fingerprint density at radius 3 is 2.78 bits per heavy atom. The smallest absolute Gasteiger partial charge is 0.165 e. The highest BCUT2D eigenvalue weighted by atomic mass is 35.5. The minimum Gasteiger partial charge on any atom is -0.454 e. The zero-order valence-corrected chi connectivity index (χ0v) is 10.1. The van der Waals surface area contributed by atoms with Crippen LogP contribution in [0, 0.1) is 17.1 Å². The van der Waals surface area contributed by atoms with Gasteiger partial charge in [0.25, 0.3) is 0 Å². The van der Waals surface area contributed by atoms with E-state index in [-0.39, 0.29) is 12.2 Å². The summed E-state index contributed by atoms with van der Waals surface area (Å²) in [7, 11) is 0. The van der Waals surface area contributed by atoms with E-state index in [9.17, 15) is 4.39 Å². The lowest BCUT2D eigenvalue weighted by Gasteiger charge is -2.08. The molecule has 0 bridgehead atoms. The van der Waals surface area contributed by atoms with Gasteiger partial charge >= 0.3 is 0 Å². The molecule has 4 heteroatoms. The summed E-state index contributed by atoms with van der Waals surface area (Å²) in [6.45, 7) is 0. The van der Waals surface area contributed by atoms with Gasteiger partial charge in [-0.1, -0.05) is 23.7 Å². The molecule has 0 N–H and O–H groups in total. The highest BCUT2D eigenvalue weighted by molar-refractivity contribution is 6.30. The Labute approximate surface area is 109 Å². The molecule has 0 saturated heterocycles. The van der Waals surface area contributed by atoms with E-state index in [0.29, 0.717) is 16.3 Å². The first-order valence-corrected chi connectivity index (χ1v) is 5.65. The average Bonchev–Trinajstić information content (AvgIpc) is 2.34. The van der Waals surface area contributed by atoms with Crippen molar-refractivity contribution in [2.75, 3.05) is 0 Å². The molecule has 0 saturated carbocycles. The van der Waals surface area contributed by atoms with Crippen molar-refractivity contribution in [2.24, 2.45) is 0 Å². The molecular formula is C14H9ClFNO. The Balaban J connectivity index is 2.28. The van der Waals surface area contributed by atoms with Gasteiger partial charge in [0.05, 0.1) is 12.5 Å². The molecule has 2 rings (SSSR count). The molecule has 0 unspecified atom stereocenters. The van der Waals surface area contributed by atoms with Crippen molar-refractivity contribution in [2.45, 2.75) is 6.42 Å². The number of halogens is 2. The van der Waals surface area contributed by atoms with Gasteiger partial charge in [-0.2, -0.15) is 5.26 Å². The lowest BCUT2D eigenvalue weighted by atomic mass is 10.1. The molecule has 0 aromatic heterocycles. The molecule has 2 aromatic carbocycles. The molecule has 2 aromatic rings. The lowest BCUT2D eigenvalue weighted by molar-refractivity contribution is 0.441. The first-order chi connectivity index (χ1) is 8.69. The molecule has 0 atom stereocenters. The fourth-order valence-electron chi connectivity index (χ4n) is 1.48. The van der Waals surface area contributed by atoms with Crippen LogP contribution >= 0.6 is 11.6 Å². The van der Waals surface area contributed by atoms with Crippen molar-refractivity contribution in [3.8, 4) is 17.6 Å². The van der Waals surface area contributed by atoms with Gasteiger partial charge in [-0.25, -0.2) is 4.39 Å². The van der Waals surface area contributed by atoms with E-state index in [4.69, 9.17) is 21.6 Å². The summed E-state index contributed by atoms with van der Waals surface area (Å²) in [5.74, 6) is 0.0668. The van der Waals surface area contributed by atoms with E-state index in [0.717, 1.165) is 0 Å². The molecule has 0 fully saturated rings. The van der Waals surface area contributed by atoms with Crippen LogP contribution in [0.15, 0.2) is 42.5 Å². The van der Waals surface area contributed by atoms with Gasteiger partial charge in [0, 0.05) is 5.02 Å². The summed E-state index contributed by atoms with van der Waals surface area (Å²) in [6.07, 6.45) is 0.214. The fourth-order valence-corrected chi connectivity index (χ4v) is 1.66. The predicted molar refractivity (Wildman–Crippen MR) is 67.2 cm³/mol. The van der Waals surface area contributed by atoms with E-state index < -0.39 is 5.82 Å². The highest BCUT2D eigenvalue weighted by Crippen LogP contribution is 2.27. The summed E-state index contributed by atoms with van der Waals surface area (Å²) >= 11 is 5.82. The predicted octanol–water partition coefficient (Wildman–Crippen LogP) is 4.34. The van der Waals surface area contributed by atoms with Gasteiger partial charge in [0.2, 0.25) is 0 Å². The third-order valence-electron chi connectivity index (χ3n) is 2.30. The van der Waals surface area contributed by atoms with Crippen LogP contribution in [0.2, 0.25) is 5.02 Å². The van der Waals surface area contributed by atoms with Gasteiger partial charge in [-0.05, 0) is 35.9 Å². The van der Waals surface area contributed by atoms with Crippen LogP contribution in [-0.2, 0) is 6.42 Å². The minimum absolute atomic E-state index is 0.0880. The third-order valence-corrected chi connectivity index (χ3v) is 2.54. The van der Waals surface area contributed by atoms with Gasteiger partial charge in [-0.3, -0.25) is 0 Å². The van der Waals surface area contributed by atoms with Gasteiger partial charge in [0.1, 0.15) is 5.75 Å². The largest absolute Gasteiger partial charge is 0.454 e. The zero-order chi connectivity index (χ0) is 13.0. The number of hydrogen-bond donors (Lipinski definition) is 0. The SMILES string of the molecule is N#CCc1ccc(F)c(Oc2cccc(Cl)c2)c1. The number of ether oxygens (including phenoxy) is 1. The number of hydrogen-bond acceptors (Lipinski definition) is 2. The van der Waals surface area contributed by atoms with Gasteiger partial charge < -0.3 is 4.74 Å². The monoisotopic (exact) mass is 261 g/mol. The second kappa shape index (κ2) is 5.52. The zero-order valence-electron chi connectivity index (χ0n) is 9.36. The van der Waals surface area contributed by atoms with Crippen molar-refractivity contribution >= 4 is 11.6 Å². The lowest BCUT2D eigenvalue weighted by Crippen LogP contribution is -1.91. The van der Waals surface area contributed by atoms with Gasteiger partial charge in [0.15, 0.2) is 11.6 Å². The normalized spacial score (nSPS) is 9.83. The summed E-state index contributed by atoms with van der Waals surface area (Å²) in [6, 6.07) is 13.1. The average molecular weight is 262 g/mol. The topological polar surface area (TPSA) is 33.0 Å². The molecule has 18 heavy (non-hydrogen) atoms. The van der Waals surface area contributed by atoms with Crippen molar-refractivity contribution < 1.29 is 9.13 Å². The Kier molecular flexibility index (Phi) is 3.81. The Bertz CT molecular complexity index is 607. The summed E-state index contributed by atoms with van der Waals surface area (Å²) < 4.78 is 19.0. The summed E-state index contributed by atoms with van der Waals surface area (Å²) in [4.78, 5) is 0. The highest BCUT2D eigenvalue weighted by Gasteiger charge is 2.06. The van der Waals surface area contributed by atoms with E-state index in [1.165, 1.54) is 12.1 Å². The maximum atomic E-state index is 13.6. The molecule has 0 amide bonds. The van der Waals surface area contributed by atoms with E-state index in [2.05, 4.69) is 0 Å². The van der Waals surface area contributed by atoms with Crippen molar-refractivity contribution in [1.29, 1.82) is 5.26 Å². The molecular weight excluding hydrogens is 253 g/mol. The van der Waals surface area contributed by atoms with E-state index in [1.54, 1.807) is 30.3 Å². The summed E-state index contributed by atoms with van der Waals surface area (Å²) in [5.41, 5.74) is 0.705. The van der Waals surface area contributed by atoms with E-state index >= 15 is 0 Å². The minimum atomic E-state index is -0.475. The van der Waals surface area contributed by atoms with Crippen LogP contribution in [0.5, 0.6) is 11.5 Å². The maximum Gasteiger partial charge on any atom is 0.165 e. The van der Waals surface area contributed by atoms with Crippen LogP contribution in [0.4, 0.5) is 4.39 Å². The van der Waals surface area contributed by atoms with Crippen LogP contribution in [0.25, 0.3) is 0 Å². The second-order valence-electron chi connectivity index (χ2n) is 3.66. The Morgan fingerprint density at radius 2 is 2.06 bits per heavy atom. The molecule has 0 aliphatic rings. The van der Waals surface area contributed by atoms with Crippen molar-refractivity contribution in [3.05, 3.63) is 58.9 Å². The first kappa shape index (κ1) is 12.4. The molecule has 0 radical (unpaired) electrons. The number of nitrogens with zero attached hydrogens (tertiary/aromatic N) is 1. The van der Waals surface area contributed by atoms with Crippen LogP contribution in [0.1, 0.15) is 5.56 Å². The van der Waals surface area contributed by atoms with Crippen LogP contribution in [-0.4, -0.2) is 0 Å². The molecule has 2 nitrogen and oxygen atoms in total. The number of rotatable bonds is 3. The molecule has 90 valence electrons. The van der Waals surface area contributed by atoms with Crippen LogP contribution < -0.4 is 4.74 Å².